The topological polar surface area (TPSA) is 146 Å². The fraction of sp³-hybridized carbons (Fsp3) is 0.594. The third kappa shape index (κ3) is 7.09. The molecule has 2 fully saturated rings. The summed E-state index contributed by atoms with van der Waals surface area (Å²) < 4.78 is 5.48. The number of amides is 3. The number of ether oxygens (including phenoxy) is 1. The van der Waals surface area contributed by atoms with Gasteiger partial charge in [0.2, 0.25) is 17.7 Å². The van der Waals surface area contributed by atoms with Gasteiger partial charge in [0.05, 0.1) is 24.6 Å². The number of anilines is 2. The second-order valence-electron chi connectivity index (χ2n) is 13.2. The Morgan fingerprint density at radius 2 is 1.77 bits per heavy atom. The van der Waals surface area contributed by atoms with E-state index < -0.39 is 28.4 Å². The van der Waals surface area contributed by atoms with Crippen molar-refractivity contribution in [1.82, 2.24) is 20.9 Å². The molecule has 0 spiro atoms. The number of fused-ring (bicyclic) bond motifs is 1. The molecule has 1 saturated heterocycles. The minimum absolute atomic E-state index is 0.0272. The van der Waals surface area contributed by atoms with E-state index in [1.807, 2.05) is 31.7 Å². The molecule has 2 aromatic rings. The van der Waals surface area contributed by atoms with Gasteiger partial charge in [-0.15, -0.1) is 0 Å². The zero-order valence-corrected chi connectivity index (χ0v) is 26.2. The van der Waals surface area contributed by atoms with Gasteiger partial charge < -0.3 is 30.9 Å². The molecule has 234 valence electrons. The van der Waals surface area contributed by atoms with Gasteiger partial charge in [0, 0.05) is 18.3 Å². The molecule has 11 nitrogen and oxygen atoms in total. The molecular weight excluding hydrogens is 550 g/mol. The molecular formula is C32H45N5O6. The minimum Gasteiger partial charge on any atom is -0.485 e. The number of rotatable bonds is 11. The highest BCUT2D eigenvalue weighted by Gasteiger charge is 2.49. The predicted molar refractivity (Wildman–Crippen MR) is 165 cm³/mol. The number of carbonyl (C=O) groups excluding carboxylic acids is 3. The molecule has 4 rings (SSSR count). The highest BCUT2D eigenvalue weighted by atomic mass is 16.5. The van der Waals surface area contributed by atoms with Crippen molar-refractivity contribution in [2.45, 2.75) is 97.5 Å². The standard InChI is InChI=1S/C32H45N5O6/c1-17(2)43-28-24(26(39)27(28)40)34-21-10-8-9-19(15-21)16-23(38)35-22-12-11-20-13-14-37(25(20)22)31(42)29(32(4,5)6)36-30(41)18(3)33-7/h8-10,15,17-18,20,22,25,29,33-34H,11-14,16H2,1-7H3,(H,35,38)(H,36,41)/t18-,20+,22-,25-,29+/m0/s1. The Morgan fingerprint density at radius 1 is 1.05 bits per heavy atom. The van der Waals surface area contributed by atoms with E-state index in [4.69, 9.17) is 4.74 Å². The summed E-state index contributed by atoms with van der Waals surface area (Å²) in [5, 5.41) is 12.0. The number of nitrogens with one attached hydrogen (secondary N) is 4. The van der Waals surface area contributed by atoms with Crippen molar-refractivity contribution in [1.29, 1.82) is 0 Å². The fourth-order valence-electron chi connectivity index (χ4n) is 6.11. The monoisotopic (exact) mass is 595 g/mol. The van der Waals surface area contributed by atoms with Crippen LogP contribution in [0.25, 0.3) is 0 Å². The minimum atomic E-state index is -0.693. The van der Waals surface area contributed by atoms with E-state index in [1.54, 1.807) is 46.0 Å². The number of hydrogen-bond donors (Lipinski definition) is 4. The molecule has 5 atom stereocenters. The Bertz CT molecular complexity index is 1420. The SMILES string of the molecule is CN[C@@H](C)C(=O)N[C@H](C(=O)N1CC[C@H]2CC[C@H](NC(=O)Cc3cccc(Nc4c(OC(C)C)c(=O)c4=O)c3)[C@H]21)C(C)(C)C. The van der Waals surface area contributed by atoms with E-state index in [-0.39, 0.29) is 53.8 Å². The lowest BCUT2D eigenvalue weighted by molar-refractivity contribution is -0.141. The fourth-order valence-corrected chi connectivity index (χ4v) is 6.11. The van der Waals surface area contributed by atoms with Crippen LogP contribution >= 0.6 is 0 Å². The second-order valence-corrected chi connectivity index (χ2v) is 13.2. The third-order valence-electron chi connectivity index (χ3n) is 8.48. The first-order chi connectivity index (χ1) is 20.2. The number of carbonyl (C=O) groups is 3. The van der Waals surface area contributed by atoms with Crippen molar-refractivity contribution in [2.75, 3.05) is 18.9 Å². The molecule has 0 bridgehead atoms. The molecule has 1 saturated carbocycles. The first-order valence-corrected chi connectivity index (χ1v) is 15.1. The first-order valence-electron chi connectivity index (χ1n) is 15.1. The zero-order valence-electron chi connectivity index (χ0n) is 26.2. The molecule has 11 heteroatoms. The van der Waals surface area contributed by atoms with E-state index in [0.29, 0.717) is 18.2 Å². The molecule has 2 aromatic carbocycles. The molecule has 0 radical (unpaired) electrons. The van der Waals surface area contributed by atoms with Crippen LogP contribution in [0.4, 0.5) is 11.4 Å². The quantitative estimate of drug-likeness (QED) is 0.289. The lowest BCUT2D eigenvalue weighted by atomic mass is 9.85. The zero-order chi connectivity index (χ0) is 31.6. The van der Waals surface area contributed by atoms with Crippen LogP contribution in [0.5, 0.6) is 5.75 Å². The van der Waals surface area contributed by atoms with Gasteiger partial charge in [0.15, 0.2) is 5.75 Å². The lowest BCUT2D eigenvalue weighted by Crippen LogP contribution is -2.60. The van der Waals surface area contributed by atoms with E-state index in [1.165, 1.54) is 0 Å². The van der Waals surface area contributed by atoms with Crippen LogP contribution in [0, 0.1) is 11.3 Å². The maximum absolute atomic E-state index is 13.9. The largest absolute Gasteiger partial charge is 0.485 e. The van der Waals surface area contributed by atoms with Crippen molar-refractivity contribution < 1.29 is 19.1 Å². The average Bonchev–Trinajstić information content (AvgIpc) is 3.54. The molecule has 1 aliphatic carbocycles. The smallest absolute Gasteiger partial charge is 0.272 e. The van der Waals surface area contributed by atoms with Gasteiger partial charge in [-0.1, -0.05) is 32.9 Å². The molecule has 2 aliphatic rings. The summed E-state index contributed by atoms with van der Waals surface area (Å²) in [5.41, 5.74) is -0.352. The summed E-state index contributed by atoms with van der Waals surface area (Å²) in [5.74, 6) is -0.181. The maximum atomic E-state index is 13.9. The van der Waals surface area contributed by atoms with E-state index >= 15 is 0 Å². The van der Waals surface area contributed by atoms with Gasteiger partial charge in [-0.25, -0.2) is 0 Å². The highest BCUT2D eigenvalue weighted by Crippen LogP contribution is 2.39. The summed E-state index contributed by atoms with van der Waals surface area (Å²) in [4.78, 5) is 65.7. The van der Waals surface area contributed by atoms with Crippen molar-refractivity contribution in [2.24, 2.45) is 11.3 Å². The van der Waals surface area contributed by atoms with Gasteiger partial charge in [0.25, 0.3) is 10.9 Å². The summed E-state index contributed by atoms with van der Waals surface area (Å²) >= 11 is 0. The summed E-state index contributed by atoms with van der Waals surface area (Å²) in [6.45, 7) is 11.7. The van der Waals surface area contributed by atoms with Gasteiger partial charge >= 0.3 is 0 Å². The van der Waals surface area contributed by atoms with Crippen molar-refractivity contribution in [3.05, 3.63) is 50.3 Å². The summed E-state index contributed by atoms with van der Waals surface area (Å²) in [6.07, 6.45) is 2.43. The van der Waals surface area contributed by atoms with Gasteiger partial charge in [-0.05, 0) is 76.1 Å². The molecule has 0 aromatic heterocycles. The van der Waals surface area contributed by atoms with Gasteiger partial charge in [-0.3, -0.25) is 24.0 Å². The van der Waals surface area contributed by atoms with Crippen LogP contribution < -0.4 is 36.9 Å². The van der Waals surface area contributed by atoms with E-state index in [9.17, 15) is 24.0 Å². The van der Waals surface area contributed by atoms with Gasteiger partial charge in [-0.2, -0.15) is 0 Å². The van der Waals surface area contributed by atoms with E-state index in [2.05, 4.69) is 21.3 Å². The highest BCUT2D eigenvalue weighted by molar-refractivity contribution is 5.90. The van der Waals surface area contributed by atoms with Gasteiger partial charge in [0.1, 0.15) is 11.7 Å². The van der Waals surface area contributed by atoms with Crippen LogP contribution in [0.15, 0.2) is 33.9 Å². The summed E-state index contributed by atoms with van der Waals surface area (Å²) in [6, 6.07) is 5.69. The molecule has 0 unspecified atom stereocenters. The second kappa shape index (κ2) is 12.9. The summed E-state index contributed by atoms with van der Waals surface area (Å²) in [7, 11) is 1.70. The molecule has 4 N–H and O–H groups in total. The van der Waals surface area contributed by atoms with Crippen molar-refractivity contribution in [3.63, 3.8) is 0 Å². The van der Waals surface area contributed by atoms with Crippen LogP contribution in [0.1, 0.15) is 66.4 Å². The first kappa shape index (κ1) is 32.2. The Labute approximate surface area is 252 Å². The molecule has 43 heavy (non-hydrogen) atoms. The Morgan fingerprint density at radius 3 is 2.42 bits per heavy atom. The molecule has 3 amide bonds. The van der Waals surface area contributed by atoms with Crippen LogP contribution in [0.3, 0.4) is 0 Å². The Balaban J connectivity index is 1.42. The maximum Gasteiger partial charge on any atom is 0.272 e. The van der Waals surface area contributed by atoms with Crippen LogP contribution in [-0.2, 0) is 20.8 Å². The average molecular weight is 596 g/mol. The number of likely N-dealkylation sites (tertiary alicyclic amines) is 1. The number of nitrogens with zero attached hydrogens (tertiary/aromatic N) is 1. The molecule has 1 heterocycles. The number of likely N-dealkylation sites (N-methyl/N-ethyl adjacent to an activating group) is 1. The van der Waals surface area contributed by atoms with Crippen LogP contribution in [0.2, 0.25) is 0 Å². The number of benzene rings is 1. The number of hydrogen-bond acceptors (Lipinski definition) is 8. The lowest BCUT2D eigenvalue weighted by Gasteiger charge is -2.38. The molecule has 1 aliphatic heterocycles. The van der Waals surface area contributed by atoms with Crippen molar-refractivity contribution >= 4 is 29.1 Å². The van der Waals surface area contributed by atoms with Crippen molar-refractivity contribution in [3.8, 4) is 5.75 Å². The predicted octanol–water partition coefficient (Wildman–Crippen LogP) is 1.99. The van der Waals surface area contributed by atoms with E-state index in [0.717, 1.165) is 24.8 Å². The Hall–Kier alpha value is -3.73. The third-order valence-corrected chi connectivity index (χ3v) is 8.48. The normalized spacial score (nSPS) is 21.4. The Kier molecular flexibility index (Phi) is 9.63. The van der Waals surface area contributed by atoms with Crippen LogP contribution in [-0.4, -0.2) is 66.5 Å².